The molecule has 3 aromatic carbocycles. The van der Waals surface area contributed by atoms with Crippen LogP contribution in [0.2, 0.25) is 0 Å². The lowest BCUT2D eigenvalue weighted by atomic mass is 9.81. The predicted molar refractivity (Wildman–Crippen MR) is 140 cm³/mol. The number of hydrogen-bond donors (Lipinski definition) is 1. The third-order valence-electron chi connectivity index (χ3n) is 6.01. The maximum atomic E-state index is 14.8. The van der Waals surface area contributed by atoms with E-state index in [1.807, 2.05) is 49.4 Å². The van der Waals surface area contributed by atoms with Crippen molar-refractivity contribution >= 4 is 5.97 Å². The summed E-state index contributed by atoms with van der Waals surface area (Å²) in [5, 5.41) is 9.27. The zero-order valence-electron chi connectivity index (χ0n) is 20.5. The SMILES string of the molecule is C.CC[C@H](Cc1ccc(OCc2ccc(C(C)(C)C)c(-c3cc(OC)ccc3F)c2)cc1)C(=O)O. The van der Waals surface area contributed by atoms with E-state index in [9.17, 15) is 14.3 Å². The fourth-order valence-electron chi connectivity index (χ4n) is 3.98. The van der Waals surface area contributed by atoms with Crippen LogP contribution in [0.1, 0.15) is 58.2 Å². The van der Waals surface area contributed by atoms with E-state index in [2.05, 4.69) is 20.8 Å². The van der Waals surface area contributed by atoms with Gasteiger partial charge in [0.25, 0.3) is 0 Å². The molecular weight excluding hydrogens is 443 g/mol. The highest BCUT2D eigenvalue weighted by atomic mass is 19.1. The molecule has 0 aromatic heterocycles. The Bertz CT molecular complexity index is 1130. The highest BCUT2D eigenvalue weighted by molar-refractivity contribution is 5.71. The van der Waals surface area contributed by atoms with Crippen molar-refractivity contribution in [3.05, 3.63) is 83.2 Å². The number of rotatable bonds is 9. The lowest BCUT2D eigenvalue weighted by Gasteiger charge is -2.24. The molecule has 0 aliphatic carbocycles. The van der Waals surface area contributed by atoms with Gasteiger partial charge in [0.2, 0.25) is 0 Å². The van der Waals surface area contributed by atoms with Crippen LogP contribution in [0.25, 0.3) is 11.1 Å². The van der Waals surface area contributed by atoms with Crippen LogP contribution >= 0.6 is 0 Å². The Morgan fingerprint density at radius 2 is 1.57 bits per heavy atom. The van der Waals surface area contributed by atoms with Crippen molar-refractivity contribution in [1.82, 2.24) is 0 Å². The zero-order chi connectivity index (χ0) is 24.9. The molecule has 35 heavy (non-hydrogen) atoms. The number of carboxylic acids is 1. The maximum Gasteiger partial charge on any atom is 0.306 e. The Kier molecular flexibility index (Phi) is 9.47. The van der Waals surface area contributed by atoms with Gasteiger partial charge in [-0.1, -0.05) is 59.4 Å². The van der Waals surface area contributed by atoms with E-state index in [1.54, 1.807) is 19.2 Å². The third kappa shape index (κ3) is 7.08. The standard InChI is InChI=1S/C29H33FO4.CH4/c1-6-21(28(31)32)15-19-7-10-22(11-8-19)34-18-20-9-13-26(29(2,3)4)24(16-20)25-17-23(33-5)12-14-27(25)30;/h7-14,16-17,21H,6,15,18H2,1-5H3,(H,31,32);1H4/t21-;/m1./s1. The molecule has 0 aliphatic heterocycles. The van der Waals surface area contributed by atoms with Crippen molar-refractivity contribution < 1.29 is 23.8 Å². The van der Waals surface area contributed by atoms with Crippen LogP contribution in [0.15, 0.2) is 60.7 Å². The van der Waals surface area contributed by atoms with Crippen molar-refractivity contribution in [3.8, 4) is 22.6 Å². The van der Waals surface area contributed by atoms with E-state index < -0.39 is 5.97 Å². The minimum atomic E-state index is -0.773. The molecule has 0 unspecified atom stereocenters. The molecule has 4 nitrogen and oxygen atoms in total. The fraction of sp³-hybridized carbons (Fsp3) is 0.367. The number of carbonyl (C=O) groups is 1. The second-order valence-corrected chi connectivity index (χ2v) is 9.56. The highest BCUT2D eigenvalue weighted by Crippen LogP contribution is 2.36. The lowest BCUT2D eigenvalue weighted by Crippen LogP contribution is -2.15. The minimum Gasteiger partial charge on any atom is -0.497 e. The van der Waals surface area contributed by atoms with Gasteiger partial charge < -0.3 is 14.6 Å². The monoisotopic (exact) mass is 480 g/mol. The Hall–Kier alpha value is -3.34. The van der Waals surface area contributed by atoms with Crippen molar-refractivity contribution in [2.75, 3.05) is 7.11 Å². The minimum absolute atomic E-state index is 0. The van der Waals surface area contributed by atoms with E-state index in [0.717, 1.165) is 22.3 Å². The van der Waals surface area contributed by atoms with Gasteiger partial charge in [-0.05, 0) is 76.9 Å². The van der Waals surface area contributed by atoms with Crippen LogP contribution in [0.3, 0.4) is 0 Å². The molecule has 0 radical (unpaired) electrons. The van der Waals surface area contributed by atoms with Gasteiger partial charge in [-0.3, -0.25) is 4.79 Å². The van der Waals surface area contributed by atoms with Crippen LogP contribution in [0.5, 0.6) is 11.5 Å². The van der Waals surface area contributed by atoms with Crippen molar-refractivity contribution in [3.63, 3.8) is 0 Å². The number of hydrogen-bond acceptors (Lipinski definition) is 3. The van der Waals surface area contributed by atoms with Gasteiger partial charge in [-0.2, -0.15) is 0 Å². The molecule has 0 fully saturated rings. The fourth-order valence-corrected chi connectivity index (χ4v) is 3.98. The summed E-state index contributed by atoms with van der Waals surface area (Å²) in [6, 6.07) is 18.3. The van der Waals surface area contributed by atoms with Gasteiger partial charge in [0, 0.05) is 5.56 Å². The van der Waals surface area contributed by atoms with Gasteiger partial charge >= 0.3 is 5.97 Å². The van der Waals surface area contributed by atoms with E-state index in [-0.39, 0.29) is 24.6 Å². The first-order chi connectivity index (χ1) is 16.1. The summed E-state index contributed by atoms with van der Waals surface area (Å²) in [5.74, 6) is -0.160. The van der Waals surface area contributed by atoms with Gasteiger partial charge in [0.05, 0.1) is 13.0 Å². The Morgan fingerprint density at radius 1 is 0.943 bits per heavy atom. The van der Waals surface area contributed by atoms with Crippen LogP contribution in [0, 0.1) is 11.7 Å². The number of ether oxygens (including phenoxy) is 2. The second-order valence-electron chi connectivity index (χ2n) is 9.56. The number of halogens is 1. The first-order valence-corrected chi connectivity index (χ1v) is 11.5. The number of carboxylic acid groups (broad SMARTS) is 1. The zero-order valence-corrected chi connectivity index (χ0v) is 20.5. The molecule has 0 amide bonds. The average Bonchev–Trinajstić information content (AvgIpc) is 2.81. The van der Waals surface area contributed by atoms with E-state index >= 15 is 0 Å². The van der Waals surface area contributed by atoms with E-state index in [1.165, 1.54) is 6.07 Å². The number of benzene rings is 3. The van der Waals surface area contributed by atoms with Crippen molar-refractivity contribution in [2.24, 2.45) is 5.92 Å². The molecule has 0 heterocycles. The molecule has 0 spiro atoms. The number of methoxy groups -OCH3 is 1. The summed E-state index contributed by atoms with van der Waals surface area (Å²) in [4.78, 5) is 11.3. The van der Waals surface area contributed by atoms with Gasteiger partial charge in [-0.25, -0.2) is 4.39 Å². The third-order valence-corrected chi connectivity index (χ3v) is 6.01. The highest BCUT2D eigenvalue weighted by Gasteiger charge is 2.21. The molecule has 1 atom stereocenters. The summed E-state index contributed by atoms with van der Waals surface area (Å²) >= 11 is 0. The van der Waals surface area contributed by atoms with Crippen molar-refractivity contribution in [1.29, 1.82) is 0 Å². The predicted octanol–water partition coefficient (Wildman–Crippen LogP) is 7.67. The molecule has 0 saturated heterocycles. The van der Waals surface area contributed by atoms with Gasteiger partial charge in [0.15, 0.2) is 0 Å². The largest absolute Gasteiger partial charge is 0.497 e. The molecule has 3 aromatic rings. The molecule has 0 saturated carbocycles. The first kappa shape index (κ1) is 27.9. The van der Waals surface area contributed by atoms with E-state index in [4.69, 9.17) is 9.47 Å². The molecule has 5 heteroatoms. The smallest absolute Gasteiger partial charge is 0.306 e. The second kappa shape index (κ2) is 11.9. The van der Waals surface area contributed by atoms with E-state index in [0.29, 0.717) is 36.5 Å². The topological polar surface area (TPSA) is 55.8 Å². The van der Waals surface area contributed by atoms with Crippen LogP contribution in [-0.4, -0.2) is 18.2 Å². The quantitative estimate of drug-likeness (QED) is 0.341. The van der Waals surface area contributed by atoms with Gasteiger partial charge in [-0.15, -0.1) is 0 Å². The van der Waals surface area contributed by atoms with Crippen LogP contribution < -0.4 is 9.47 Å². The van der Waals surface area contributed by atoms with Gasteiger partial charge in [0.1, 0.15) is 23.9 Å². The Balaban J connectivity index is 0.00000432. The normalized spacial score (nSPS) is 11.9. The van der Waals surface area contributed by atoms with Crippen molar-refractivity contribution in [2.45, 2.75) is 60.0 Å². The molecule has 0 aliphatic rings. The lowest BCUT2D eigenvalue weighted by molar-refractivity contribution is -0.141. The molecule has 1 N–H and O–H groups in total. The maximum absolute atomic E-state index is 14.8. The molecular formula is C30H37FO4. The summed E-state index contributed by atoms with van der Waals surface area (Å²) in [6.45, 7) is 8.53. The summed E-state index contributed by atoms with van der Waals surface area (Å²) in [7, 11) is 1.57. The summed E-state index contributed by atoms with van der Waals surface area (Å²) in [5.41, 5.74) is 4.07. The molecule has 188 valence electrons. The van der Waals surface area contributed by atoms with Crippen LogP contribution in [0.4, 0.5) is 4.39 Å². The Labute approximate surface area is 208 Å². The Morgan fingerprint density at radius 3 is 2.14 bits per heavy atom. The van der Waals surface area contributed by atoms with Crippen LogP contribution in [-0.2, 0) is 23.2 Å². The molecule has 0 bridgehead atoms. The number of aliphatic carboxylic acids is 1. The summed E-state index contributed by atoms with van der Waals surface area (Å²) in [6.07, 6.45) is 1.09. The summed E-state index contributed by atoms with van der Waals surface area (Å²) < 4.78 is 26.1. The first-order valence-electron chi connectivity index (χ1n) is 11.5. The molecule has 3 rings (SSSR count). The average molecular weight is 481 g/mol.